The Morgan fingerprint density at radius 1 is 1.06 bits per heavy atom. The van der Waals surface area contributed by atoms with Gasteiger partial charge in [0, 0.05) is 18.0 Å². The van der Waals surface area contributed by atoms with Crippen molar-refractivity contribution < 1.29 is 9.21 Å². The van der Waals surface area contributed by atoms with Crippen molar-refractivity contribution in [1.82, 2.24) is 24.9 Å². The molecule has 3 heterocycles. The van der Waals surface area contributed by atoms with Crippen LogP contribution in [0.25, 0.3) is 22.4 Å². The molecule has 1 fully saturated rings. The molecule has 9 heteroatoms. The number of rotatable bonds is 6. The standard InChI is InChI=1S/C25H25N5O3S/c1-17-9-7-8-14-29(17)21(31)16-34-25-27-26-23(33-25)22-19-12-5-6-13-20(19)24(32)30(28-22)15-18-10-3-2-4-11-18/h2-6,10-13,17H,7-9,14-16H2,1H3/t17-/m1/s1. The predicted molar refractivity (Wildman–Crippen MR) is 131 cm³/mol. The zero-order chi connectivity index (χ0) is 23.5. The fourth-order valence-electron chi connectivity index (χ4n) is 4.30. The first-order chi connectivity index (χ1) is 16.6. The van der Waals surface area contributed by atoms with Gasteiger partial charge in [-0.1, -0.05) is 60.3 Å². The van der Waals surface area contributed by atoms with Gasteiger partial charge in [0.1, 0.15) is 0 Å². The molecule has 8 nitrogen and oxygen atoms in total. The average Bonchev–Trinajstić information content (AvgIpc) is 3.34. The normalized spacial score (nSPS) is 16.1. The summed E-state index contributed by atoms with van der Waals surface area (Å²) in [4.78, 5) is 27.7. The second-order valence-electron chi connectivity index (χ2n) is 8.44. The summed E-state index contributed by atoms with van der Waals surface area (Å²) in [5, 5.41) is 14.4. The van der Waals surface area contributed by atoms with Crippen molar-refractivity contribution in [2.45, 2.75) is 44.0 Å². The summed E-state index contributed by atoms with van der Waals surface area (Å²) in [6, 6.07) is 17.2. The highest BCUT2D eigenvalue weighted by Gasteiger charge is 2.24. The molecule has 34 heavy (non-hydrogen) atoms. The summed E-state index contributed by atoms with van der Waals surface area (Å²) in [6.07, 6.45) is 3.25. The van der Waals surface area contributed by atoms with E-state index < -0.39 is 0 Å². The van der Waals surface area contributed by atoms with E-state index in [4.69, 9.17) is 4.42 Å². The Morgan fingerprint density at radius 2 is 1.82 bits per heavy atom. The molecule has 2 aromatic heterocycles. The van der Waals surface area contributed by atoms with Gasteiger partial charge in [-0.05, 0) is 37.8 Å². The predicted octanol–water partition coefficient (Wildman–Crippen LogP) is 3.99. The van der Waals surface area contributed by atoms with Crippen molar-refractivity contribution in [1.29, 1.82) is 0 Å². The van der Waals surface area contributed by atoms with Crippen LogP contribution in [0.5, 0.6) is 0 Å². The van der Waals surface area contributed by atoms with E-state index in [2.05, 4.69) is 22.2 Å². The quantitative estimate of drug-likeness (QED) is 0.389. The Hall–Kier alpha value is -3.46. The topological polar surface area (TPSA) is 94.1 Å². The van der Waals surface area contributed by atoms with E-state index in [-0.39, 0.29) is 29.2 Å². The van der Waals surface area contributed by atoms with Crippen LogP contribution in [0.1, 0.15) is 31.7 Å². The summed E-state index contributed by atoms with van der Waals surface area (Å²) in [5.74, 6) is 0.546. The molecule has 5 rings (SSSR count). The molecule has 4 aromatic rings. The van der Waals surface area contributed by atoms with Crippen LogP contribution in [0.15, 0.2) is 69.0 Å². The van der Waals surface area contributed by atoms with Crippen LogP contribution in [0.2, 0.25) is 0 Å². The third-order valence-corrected chi connectivity index (χ3v) is 6.90. The summed E-state index contributed by atoms with van der Waals surface area (Å²) < 4.78 is 7.30. The molecule has 1 atom stereocenters. The van der Waals surface area contributed by atoms with E-state index in [0.717, 1.165) is 24.9 Å². The van der Waals surface area contributed by atoms with Gasteiger partial charge in [0.15, 0.2) is 5.69 Å². The molecule has 1 saturated heterocycles. The number of likely N-dealkylation sites (tertiary alicyclic amines) is 1. The Kier molecular flexibility index (Phi) is 6.44. The van der Waals surface area contributed by atoms with Gasteiger partial charge >= 0.3 is 0 Å². The minimum atomic E-state index is -0.182. The van der Waals surface area contributed by atoms with Crippen LogP contribution in [0.4, 0.5) is 0 Å². The molecule has 0 saturated carbocycles. The largest absolute Gasteiger partial charge is 0.409 e. The highest BCUT2D eigenvalue weighted by molar-refractivity contribution is 7.99. The number of carbonyl (C=O) groups is 1. The van der Waals surface area contributed by atoms with Crippen molar-refractivity contribution >= 4 is 28.4 Å². The van der Waals surface area contributed by atoms with Gasteiger partial charge < -0.3 is 9.32 Å². The summed E-state index contributed by atoms with van der Waals surface area (Å²) in [7, 11) is 0. The Bertz CT molecular complexity index is 1370. The number of nitrogens with zero attached hydrogens (tertiary/aromatic N) is 5. The molecule has 2 aromatic carbocycles. The van der Waals surface area contributed by atoms with E-state index in [9.17, 15) is 9.59 Å². The number of aromatic nitrogens is 4. The third kappa shape index (κ3) is 4.61. The molecule has 0 unspecified atom stereocenters. The molecule has 1 amide bonds. The first kappa shape index (κ1) is 22.3. The number of hydrogen-bond acceptors (Lipinski definition) is 7. The third-order valence-electron chi connectivity index (χ3n) is 6.09. The summed E-state index contributed by atoms with van der Waals surface area (Å²) >= 11 is 1.23. The van der Waals surface area contributed by atoms with Crippen molar-refractivity contribution in [3.05, 3.63) is 70.5 Å². The molecule has 174 valence electrons. The molecule has 0 spiro atoms. The monoisotopic (exact) mass is 475 g/mol. The molecule has 0 aliphatic carbocycles. The SMILES string of the molecule is C[C@@H]1CCCCN1C(=O)CSc1nnc(-c2nn(Cc3ccccc3)c(=O)c3ccccc23)o1. The maximum Gasteiger partial charge on any atom is 0.277 e. The van der Waals surface area contributed by atoms with Crippen molar-refractivity contribution in [3.63, 3.8) is 0 Å². The fraction of sp³-hybridized carbons (Fsp3) is 0.320. The number of amides is 1. The number of thioether (sulfide) groups is 1. The number of benzene rings is 2. The maximum atomic E-state index is 13.1. The molecular formula is C25H25N5O3S. The Labute approximate surface area is 201 Å². The van der Waals surface area contributed by atoms with Gasteiger partial charge in [-0.2, -0.15) is 5.10 Å². The van der Waals surface area contributed by atoms with Crippen LogP contribution < -0.4 is 5.56 Å². The van der Waals surface area contributed by atoms with Crippen LogP contribution >= 0.6 is 11.8 Å². The van der Waals surface area contributed by atoms with E-state index >= 15 is 0 Å². The van der Waals surface area contributed by atoms with E-state index in [0.29, 0.717) is 28.2 Å². The molecule has 1 aliphatic rings. The van der Waals surface area contributed by atoms with Gasteiger partial charge in [-0.15, -0.1) is 10.2 Å². The number of fused-ring (bicyclic) bond motifs is 1. The van der Waals surface area contributed by atoms with Crippen molar-refractivity contribution in [2.24, 2.45) is 0 Å². The average molecular weight is 476 g/mol. The first-order valence-corrected chi connectivity index (χ1v) is 12.4. The van der Waals surface area contributed by atoms with Gasteiger partial charge in [0.05, 0.1) is 17.7 Å². The lowest BCUT2D eigenvalue weighted by Gasteiger charge is -2.33. The number of hydrogen-bond donors (Lipinski definition) is 0. The summed E-state index contributed by atoms with van der Waals surface area (Å²) in [6.45, 7) is 3.22. The zero-order valence-electron chi connectivity index (χ0n) is 18.9. The number of carbonyl (C=O) groups excluding carboxylic acids is 1. The van der Waals surface area contributed by atoms with E-state index in [1.54, 1.807) is 6.07 Å². The summed E-state index contributed by atoms with van der Waals surface area (Å²) in [5.41, 5.74) is 1.23. The maximum absolute atomic E-state index is 13.1. The van der Waals surface area contributed by atoms with Gasteiger partial charge in [0.25, 0.3) is 16.7 Å². The molecule has 0 radical (unpaired) electrons. The lowest BCUT2D eigenvalue weighted by atomic mass is 10.0. The van der Waals surface area contributed by atoms with Gasteiger partial charge in [-0.25, -0.2) is 4.68 Å². The van der Waals surface area contributed by atoms with Crippen LogP contribution in [0, 0.1) is 0 Å². The number of piperidine rings is 1. The minimum absolute atomic E-state index is 0.0805. The highest BCUT2D eigenvalue weighted by Crippen LogP contribution is 2.27. The fourth-order valence-corrected chi connectivity index (χ4v) is 4.94. The molecule has 0 bridgehead atoms. The van der Waals surface area contributed by atoms with E-state index in [1.165, 1.54) is 22.9 Å². The minimum Gasteiger partial charge on any atom is -0.409 e. The highest BCUT2D eigenvalue weighted by atomic mass is 32.2. The lowest BCUT2D eigenvalue weighted by molar-refractivity contribution is -0.131. The Morgan fingerprint density at radius 3 is 2.62 bits per heavy atom. The van der Waals surface area contributed by atoms with Crippen LogP contribution in [-0.4, -0.2) is 49.1 Å². The van der Waals surface area contributed by atoms with Gasteiger partial charge in [0.2, 0.25) is 5.91 Å². The van der Waals surface area contributed by atoms with Crippen molar-refractivity contribution in [2.75, 3.05) is 12.3 Å². The zero-order valence-corrected chi connectivity index (χ0v) is 19.7. The van der Waals surface area contributed by atoms with E-state index in [1.807, 2.05) is 53.4 Å². The van der Waals surface area contributed by atoms with Gasteiger partial charge in [-0.3, -0.25) is 9.59 Å². The lowest BCUT2D eigenvalue weighted by Crippen LogP contribution is -2.42. The van der Waals surface area contributed by atoms with Crippen LogP contribution in [-0.2, 0) is 11.3 Å². The smallest absolute Gasteiger partial charge is 0.277 e. The molecule has 1 aliphatic heterocycles. The molecule has 0 N–H and O–H groups in total. The second kappa shape index (κ2) is 9.80. The first-order valence-electron chi connectivity index (χ1n) is 11.4. The second-order valence-corrected chi connectivity index (χ2v) is 9.36. The van der Waals surface area contributed by atoms with Crippen molar-refractivity contribution in [3.8, 4) is 11.6 Å². The van der Waals surface area contributed by atoms with Crippen LogP contribution in [0.3, 0.4) is 0 Å². The Balaban J connectivity index is 1.41. The molecular weight excluding hydrogens is 450 g/mol.